The SMILES string of the molecule is CN(Cc1ncc(Cl)s1)CC1CCCN1. The second-order valence-electron chi connectivity index (χ2n) is 4.05. The number of thiazole rings is 1. The van der Waals surface area contributed by atoms with Crippen molar-refractivity contribution in [1.29, 1.82) is 0 Å². The van der Waals surface area contributed by atoms with Crippen LogP contribution in [0.1, 0.15) is 17.8 Å². The van der Waals surface area contributed by atoms with Crippen LogP contribution in [0.15, 0.2) is 6.20 Å². The van der Waals surface area contributed by atoms with E-state index in [4.69, 9.17) is 11.6 Å². The maximum absolute atomic E-state index is 5.84. The third-order valence-corrected chi connectivity index (χ3v) is 3.72. The Kier molecular flexibility index (Phi) is 3.97. The zero-order valence-corrected chi connectivity index (χ0v) is 10.4. The molecule has 5 heteroatoms. The van der Waals surface area contributed by atoms with Crippen LogP contribution in [0.25, 0.3) is 0 Å². The highest BCUT2D eigenvalue weighted by Gasteiger charge is 2.16. The minimum Gasteiger partial charge on any atom is -0.313 e. The van der Waals surface area contributed by atoms with Crippen LogP contribution in [-0.4, -0.2) is 36.1 Å². The molecule has 0 bridgehead atoms. The first-order valence-electron chi connectivity index (χ1n) is 5.26. The van der Waals surface area contributed by atoms with Gasteiger partial charge in [0, 0.05) is 12.6 Å². The molecular formula is C10H16ClN3S. The lowest BCUT2D eigenvalue weighted by Crippen LogP contribution is -2.34. The van der Waals surface area contributed by atoms with Gasteiger partial charge in [0.2, 0.25) is 0 Å². The van der Waals surface area contributed by atoms with Gasteiger partial charge in [0.15, 0.2) is 0 Å². The lowest BCUT2D eigenvalue weighted by Gasteiger charge is -2.19. The zero-order valence-electron chi connectivity index (χ0n) is 8.87. The average molecular weight is 246 g/mol. The quantitative estimate of drug-likeness (QED) is 0.879. The first-order chi connectivity index (χ1) is 7.24. The summed E-state index contributed by atoms with van der Waals surface area (Å²) in [6, 6.07) is 0.658. The molecule has 0 aromatic carbocycles. The number of nitrogens with zero attached hydrogens (tertiary/aromatic N) is 2. The van der Waals surface area contributed by atoms with Crippen molar-refractivity contribution in [1.82, 2.24) is 15.2 Å². The van der Waals surface area contributed by atoms with Crippen LogP contribution in [0.2, 0.25) is 4.34 Å². The molecule has 1 aromatic rings. The van der Waals surface area contributed by atoms with Gasteiger partial charge in [-0.3, -0.25) is 4.90 Å². The van der Waals surface area contributed by atoms with Crippen LogP contribution in [0.5, 0.6) is 0 Å². The largest absolute Gasteiger partial charge is 0.313 e. The summed E-state index contributed by atoms with van der Waals surface area (Å²) in [5, 5.41) is 4.59. The number of aromatic nitrogens is 1. The molecule has 1 saturated heterocycles. The molecule has 1 unspecified atom stereocenters. The van der Waals surface area contributed by atoms with E-state index in [1.54, 1.807) is 17.5 Å². The predicted octanol–water partition coefficient (Wildman–Crippen LogP) is 1.98. The molecular weight excluding hydrogens is 230 g/mol. The average Bonchev–Trinajstić information content (AvgIpc) is 2.77. The summed E-state index contributed by atoms with van der Waals surface area (Å²) < 4.78 is 0.775. The minimum absolute atomic E-state index is 0.658. The molecule has 0 radical (unpaired) electrons. The van der Waals surface area contributed by atoms with E-state index in [2.05, 4.69) is 22.2 Å². The van der Waals surface area contributed by atoms with Crippen molar-refractivity contribution >= 4 is 22.9 Å². The fraction of sp³-hybridized carbons (Fsp3) is 0.700. The van der Waals surface area contributed by atoms with Crippen molar-refractivity contribution in [2.45, 2.75) is 25.4 Å². The summed E-state index contributed by atoms with van der Waals surface area (Å²) in [5.41, 5.74) is 0. The van der Waals surface area contributed by atoms with Gasteiger partial charge < -0.3 is 5.32 Å². The summed E-state index contributed by atoms with van der Waals surface area (Å²) in [6.45, 7) is 3.16. The van der Waals surface area contributed by atoms with E-state index in [0.29, 0.717) is 6.04 Å². The molecule has 1 aliphatic heterocycles. The molecule has 15 heavy (non-hydrogen) atoms. The predicted molar refractivity (Wildman–Crippen MR) is 64.5 cm³/mol. The Morgan fingerprint density at radius 1 is 1.73 bits per heavy atom. The second kappa shape index (κ2) is 5.25. The number of hydrogen-bond donors (Lipinski definition) is 1. The fourth-order valence-electron chi connectivity index (χ4n) is 1.95. The summed E-state index contributed by atoms with van der Waals surface area (Å²) in [7, 11) is 2.13. The minimum atomic E-state index is 0.658. The van der Waals surface area contributed by atoms with Crippen LogP contribution >= 0.6 is 22.9 Å². The van der Waals surface area contributed by atoms with Crippen molar-refractivity contribution in [3.8, 4) is 0 Å². The van der Waals surface area contributed by atoms with Gasteiger partial charge in [-0.2, -0.15) is 0 Å². The van der Waals surface area contributed by atoms with E-state index in [1.165, 1.54) is 19.4 Å². The van der Waals surface area contributed by atoms with Crippen LogP contribution in [-0.2, 0) is 6.54 Å². The Morgan fingerprint density at radius 3 is 3.20 bits per heavy atom. The van der Waals surface area contributed by atoms with E-state index in [9.17, 15) is 0 Å². The Hall–Kier alpha value is -0.160. The Labute approximate surface area is 99.5 Å². The van der Waals surface area contributed by atoms with Gasteiger partial charge in [0.1, 0.15) is 9.34 Å². The van der Waals surface area contributed by atoms with Crippen molar-refractivity contribution in [2.24, 2.45) is 0 Å². The van der Waals surface area contributed by atoms with E-state index in [0.717, 1.165) is 22.4 Å². The van der Waals surface area contributed by atoms with Crippen molar-refractivity contribution in [3.63, 3.8) is 0 Å². The number of nitrogens with one attached hydrogen (secondary N) is 1. The molecule has 84 valence electrons. The molecule has 1 fully saturated rings. The topological polar surface area (TPSA) is 28.2 Å². The first kappa shape index (κ1) is 11.3. The van der Waals surface area contributed by atoms with Gasteiger partial charge in [-0.05, 0) is 26.4 Å². The van der Waals surface area contributed by atoms with Crippen molar-refractivity contribution < 1.29 is 0 Å². The van der Waals surface area contributed by atoms with E-state index in [-0.39, 0.29) is 0 Å². The molecule has 3 nitrogen and oxygen atoms in total. The molecule has 0 aliphatic carbocycles. The molecule has 0 amide bonds. The third kappa shape index (κ3) is 3.41. The summed E-state index contributed by atoms with van der Waals surface area (Å²) >= 11 is 7.41. The number of likely N-dealkylation sites (N-methyl/N-ethyl adjacent to an activating group) is 1. The summed E-state index contributed by atoms with van der Waals surface area (Å²) in [5.74, 6) is 0. The maximum Gasteiger partial charge on any atom is 0.113 e. The maximum atomic E-state index is 5.84. The zero-order chi connectivity index (χ0) is 10.7. The number of rotatable bonds is 4. The van der Waals surface area contributed by atoms with E-state index >= 15 is 0 Å². The fourth-order valence-corrected chi connectivity index (χ4v) is 2.98. The van der Waals surface area contributed by atoms with Crippen LogP contribution in [0.4, 0.5) is 0 Å². The van der Waals surface area contributed by atoms with Crippen molar-refractivity contribution in [2.75, 3.05) is 20.1 Å². The first-order valence-corrected chi connectivity index (χ1v) is 6.45. The van der Waals surface area contributed by atoms with Crippen LogP contribution in [0.3, 0.4) is 0 Å². The van der Waals surface area contributed by atoms with Gasteiger partial charge >= 0.3 is 0 Å². The van der Waals surface area contributed by atoms with Gasteiger partial charge in [-0.25, -0.2) is 4.98 Å². The molecule has 0 spiro atoms. The summed E-state index contributed by atoms with van der Waals surface area (Å²) in [6.07, 6.45) is 4.33. The highest BCUT2D eigenvalue weighted by Crippen LogP contribution is 2.19. The van der Waals surface area contributed by atoms with Gasteiger partial charge in [-0.1, -0.05) is 11.6 Å². The number of hydrogen-bond acceptors (Lipinski definition) is 4. The van der Waals surface area contributed by atoms with Crippen LogP contribution < -0.4 is 5.32 Å². The molecule has 0 saturated carbocycles. The normalized spacial score (nSPS) is 21.4. The molecule has 1 aliphatic rings. The second-order valence-corrected chi connectivity index (χ2v) is 5.79. The molecule has 1 atom stereocenters. The molecule has 1 aromatic heterocycles. The monoisotopic (exact) mass is 245 g/mol. The molecule has 2 rings (SSSR count). The molecule has 2 heterocycles. The van der Waals surface area contributed by atoms with Crippen LogP contribution in [0, 0.1) is 0 Å². The summed E-state index contributed by atoms with van der Waals surface area (Å²) in [4.78, 5) is 6.56. The molecule has 1 N–H and O–H groups in total. The standard InChI is InChI=1S/C10H16ClN3S/c1-14(6-8-3-2-4-12-8)7-10-13-5-9(11)15-10/h5,8,12H,2-4,6-7H2,1H3. The Bertz CT molecular complexity index is 309. The van der Waals surface area contributed by atoms with Gasteiger partial charge in [-0.15, -0.1) is 11.3 Å². The smallest absolute Gasteiger partial charge is 0.113 e. The number of halogens is 1. The Morgan fingerprint density at radius 2 is 2.60 bits per heavy atom. The lowest BCUT2D eigenvalue weighted by atomic mass is 10.2. The highest BCUT2D eigenvalue weighted by atomic mass is 35.5. The highest BCUT2D eigenvalue weighted by molar-refractivity contribution is 7.15. The van der Waals surface area contributed by atoms with E-state index in [1.807, 2.05) is 0 Å². The van der Waals surface area contributed by atoms with Gasteiger partial charge in [0.05, 0.1) is 12.7 Å². The van der Waals surface area contributed by atoms with E-state index < -0.39 is 0 Å². The third-order valence-electron chi connectivity index (χ3n) is 2.62. The Balaban J connectivity index is 1.78. The van der Waals surface area contributed by atoms with Crippen molar-refractivity contribution in [3.05, 3.63) is 15.5 Å². The van der Waals surface area contributed by atoms with Gasteiger partial charge in [0.25, 0.3) is 0 Å². The lowest BCUT2D eigenvalue weighted by molar-refractivity contribution is 0.293.